The van der Waals surface area contributed by atoms with Crippen LogP contribution in [0.25, 0.3) is 0 Å². The van der Waals surface area contributed by atoms with Crippen molar-refractivity contribution in [3.8, 4) is 0 Å². The van der Waals surface area contributed by atoms with Gasteiger partial charge in [0.1, 0.15) is 5.56 Å². The summed E-state index contributed by atoms with van der Waals surface area (Å²) in [6, 6.07) is 7.11. The first-order valence-electron chi connectivity index (χ1n) is 8.17. The van der Waals surface area contributed by atoms with Crippen molar-refractivity contribution in [1.29, 1.82) is 0 Å². The van der Waals surface area contributed by atoms with Crippen molar-refractivity contribution in [2.24, 2.45) is 0 Å². The first kappa shape index (κ1) is 17.3. The Morgan fingerprint density at radius 1 is 1.24 bits per heavy atom. The lowest BCUT2D eigenvalue weighted by Crippen LogP contribution is -2.44. The third-order valence-corrected chi connectivity index (χ3v) is 4.35. The summed E-state index contributed by atoms with van der Waals surface area (Å²) in [5.41, 5.74) is 1.06. The predicted molar refractivity (Wildman–Crippen MR) is 87.5 cm³/mol. The first-order chi connectivity index (χ1) is 12.0. The number of benzene rings is 1. The van der Waals surface area contributed by atoms with Gasteiger partial charge in [0.2, 0.25) is 0 Å². The fourth-order valence-electron chi connectivity index (χ4n) is 2.99. The zero-order valence-electron chi connectivity index (χ0n) is 13.6. The number of hydrogen-bond donors (Lipinski definition) is 1. The van der Waals surface area contributed by atoms with Crippen molar-refractivity contribution in [2.45, 2.75) is 25.4 Å². The molecule has 1 aliphatic rings. The number of nitrogens with one attached hydrogen (secondary N) is 1. The Kier molecular flexibility index (Phi) is 5.23. The molecule has 1 aromatic carbocycles. The van der Waals surface area contributed by atoms with Gasteiger partial charge in [-0.1, -0.05) is 6.07 Å². The summed E-state index contributed by atoms with van der Waals surface area (Å²) in [7, 11) is 0. The number of nitrogens with zero attached hydrogens (tertiary/aromatic N) is 2. The Balaban J connectivity index is 1.50. The van der Waals surface area contributed by atoms with Crippen LogP contribution in [0.5, 0.6) is 0 Å². The van der Waals surface area contributed by atoms with E-state index in [1.165, 1.54) is 24.5 Å². The molecule has 1 aromatic heterocycles. The molecule has 1 fully saturated rings. The van der Waals surface area contributed by atoms with E-state index < -0.39 is 11.6 Å². The van der Waals surface area contributed by atoms with E-state index in [1.54, 1.807) is 12.1 Å². The number of carbonyl (C=O) groups is 1. The lowest BCUT2D eigenvalue weighted by molar-refractivity contribution is -0.605. The van der Waals surface area contributed by atoms with E-state index in [2.05, 4.69) is 10.2 Å². The SMILES string of the molecule is O=C(NC1CCN(Cc2ccc(F)c(F)c2)CC1)c1ccc[n+]([O-])c1. The monoisotopic (exact) mass is 347 g/mol. The second kappa shape index (κ2) is 7.57. The molecule has 0 unspecified atom stereocenters. The number of carbonyl (C=O) groups excluding carboxylic acids is 1. The van der Waals surface area contributed by atoms with Gasteiger partial charge in [0, 0.05) is 31.7 Å². The Bertz CT molecular complexity index is 762. The van der Waals surface area contributed by atoms with E-state index in [-0.39, 0.29) is 11.9 Å². The van der Waals surface area contributed by atoms with E-state index in [0.717, 1.165) is 37.6 Å². The van der Waals surface area contributed by atoms with E-state index in [0.29, 0.717) is 16.8 Å². The van der Waals surface area contributed by atoms with Gasteiger partial charge in [0.15, 0.2) is 24.0 Å². The maximum absolute atomic E-state index is 13.3. The van der Waals surface area contributed by atoms with Gasteiger partial charge in [-0.05, 0) is 36.6 Å². The average Bonchev–Trinajstić information content (AvgIpc) is 2.60. The molecule has 2 aromatic rings. The predicted octanol–water partition coefficient (Wildman–Crippen LogP) is 1.99. The summed E-state index contributed by atoms with van der Waals surface area (Å²) in [4.78, 5) is 14.3. The minimum atomic E-state index is -0.842. The number of likely N-dealkylation sites (tertiary alicyclic amines) is 1. The van der Waals surface area contributed by atoms with Gasteiger partial charge < -0.3 is 10.5 Å². The number of rotatable bonds is 4. The molecule has 1 N–H and O–H groups in total. The fourth-order valence-corrected chi connectivity index (χ4v) is 2.99. The van der Waals surface area contributed by atoms with E-state index >= 15 is 0 Å². The number of hydrogen-bond acceptors (Lipinski definition) is 3. The third kappa shape index (κ3) is 4.51. The molecular formula is C18H19F2N3O2. The largest absolute Gasteiger partial charge is 0.619 e. The summed E-state index contributed by atoms with van der Waals surface area (Å²) >= 11 is 0. The smallest absolute Gasteiger partial charge is 0.257 e. The van der Waals surface area contributed by atoms with Gasteiger partial charge in [-0.15, -0.1) is 0 Å². The zero-order valence-corrected chi connectivity index (χ0v) is 13.6. The molecule has 25 heavy (non-hydrogen) atoms. The summed E-state index contributed by atoms with van der Waals surface area (Å²) in [6.07, 6.45) is 4.10. The standard InChI is InChI=1S/C18H19F2N3O2/c19-16-4-3-13(10-17(16)20)11-22-8-5-15(6-9-22)21-18(24)14-2-1-7-23(25)12-14/h1-4,7,10,12,15H,5-6,8-9,11H2,(H,21,24). The van der Waals surface area contributed by atoms with Crippen LogP contribution in [-0.2, 0) is 6.54 Å². The van der Waals surface area contributed by atoms with E-state index in [4.69, 9.17) is 0 Å². The van der Waals surface area contributed by atoms with Crippen molar-refractivity contribution < 1.29 is 18.3 Å². The highest BCUT2D eigenvalue weighted by atomic mass is 19.2. The molecule has 1 aliphatic heterocycles. The topological polar surface area (TPSA) is 59.3 Å². The maximum Gasteiger partial charge on any atom is 0.257 e. The van der Waals surface area contributed by atoms with Gasteiger partial charge >= 0.3 is 0 Å². The van der Waals surface area contributed by atoms with Crippen molar-refractivity contribution in [2.75, 3.05) is 13.1 Å². The normalized spacial score (nSPS) is 15.9. The molecule has 1 amide bonds. The fraction of sp³-hybridized carbons (Fsp3) is 0.333. The third-order valence-electron chi connectivity index (χ3n) is 4.35. The van der Waals surface area contributed by atoms with Crippen LogP contribution in [0.2, 0.25) is 0 Å². The lowest BCUT2D eigenvalue weighted by atomic mass is 10.0. The van der Waals surface area contributed by atoms with Crippen LogP contribution in [0.4, 0.5) is 8.78 Å². The van der Waals surface area contributed by atoms with Crippen molar-refractivity contribution >= 4 is 5.91 Å². The Labute approximate surface area is 144 Å². The molecule has 0 radical (unpaired) electrons. The van der Waals surface area contributed by atoms with Crippen LogP contribution in [0.3, 0.4) is 0 Å². The van der Waals surface area contributed by atoms with Crippen LogP contribution in [-0.4, -0.2) is 29.9 Å². The molecule has 0 spiro atoms. The average molecular weight is 347 g/mol. The second-order valence-corrected chi connectivity index (χ2v) is 6.22. The molecule has 0 saturated carbocycles. The van der Waals surface area contributed by atoms with Crippen LogP contribution in [0.1, 0.15) is 28.8 Å². The number of amides is 1. The summed E-state index contributed by atoms with van der Waals surface area (Å²) in [6.45, 7) is 2.05. The van der Waals surface area contributed by atoms with Crippen LogP contribution in [0, 0.1) is 16.8 Å². The highest BCUT2D eigenvalue weighted by Crippen LogP contribution is 2.16. The molecule has 0 atom stereocenters. The lowest BCUT2D eigenvalue weighted by Gasteiger charge is -2.32. The van der Waals surface area contributed by atoms with Crippen molar-refractivity contribution in [3.05, 3.63) is 70.7 Å². The van der Waals surface area contributed by atoms with Crippen LogP contribution in [0.15, 0.2) is 42.7 Å². The summed E-state index contributed by atoms with van der Waals surface area (Å²) in [5.74, 6) is -1.94. The summed E-state index contributed by atoms with van der Waals surface area (Å²) < 4.78 is 26.8. The highest BCUT2D eigenvalue weighted by molar-refractivity contribution is 5.93. The molecule has 1 saturated heterocycles. The van der Waals surface area contributed by atoms with Crippen LogP contribution >= 0.6 is 0 Å². The molecule has 5 nitrogen and oxygen atoms in total. The molecule has 7 heteroatoms. The summed E-state index contributed by atoms with van der Waals surface area (Å²) in [5, 5.41) is 14.2. The Morgan fingerprint density at radius 3 is 2.68 bits per heavy atom. The van der Waals surface area contributed by atoms with Crippen molar-refractivity contribution in [3.63, 3.8) is 0 Å². The molecule has 3 rings (SSSR count). The highest BCUT2D eigenvalue weighted by Gasteiger charge is 2.22. The van der Waals surface area contributed by atoms with E-state index in [1.807, 2.05) is 0 Å². The minimum Gasteiger partial charge on any atom is -0.619 e. The zero-order chi connectivity index (χ0) is 17.8. The quantitative estimate of drug-likeness (QED) is 0.680. The van der Waals surface area contributed by atoms with Gasteiger partial charge in [-0.3, -0.25) is 9.69 Å². The number of pyridine rings is 1. The molecular weight excluding hydrogens is 328 g/mol. The Morgan fingerprint density at radius 2 is 2.00 bits per heavy atom. The number of halogens is 2. The number of aromatic nitrogens is 1. The van der Waals surface area contributed by atoms with Crippen molar-refractivity contribution in [1.82, 2.24) is 10.2 Å². The molecule has 0 bridgehead atoms. The molecule has 132 valence electrons. The molecule has 0 aliphatic carbocycles. The van der Waals surface area contributed by atoms with Gasteiger partial charge in [0.25, 0.3) is 5.91 Å². The second-order valence-electron chi connectivity index (χ2n) is 6.22. The minimum absolute atomic E-state index is 0.0361. The first-order valence-corrected chi connectivity index (χ1v) is 8.17. The van der Waals surface area contributed by atoms with Gasteiger partial charge in [-0.25, -0.2) is 8.78 Å². The van der Waals surface area contributed by atoms with Crippen LogP contribution < -0.4 is 10.0 Å². The maximum atomic E-state index is 13.3. The van der Waals surface area contributed by atoms with Gasteiger partial charge in [0.05, 0.1) is 0 Å². The Hall–Kier alpha value is -2.54. The molecule has 2 heterocycles. The van der Waals surface area contributed by atoms with Gasteiger partial charge in [-0.2, -0.15) is 4.73 Å². The van der Waals surface area contributed by atoms with E-state index in [9.17, 15) is 18.8 Å². The number of piperidine rings is 1.